The number of rotatable bonds is 3. The first-order valence-corrected chi connectivity index (χ1v) is 5.25. The highest BCUT2D eigenvalue weighted by atomic mass is 79.9. The van der Waals surface area contributed by atoms with Gasteiger partial charge in [0.05, 0.1) is 29.1 Å². The number of nitriles is 2. The van der Waals surface area contributed by atoms with Gasteiger partial charge in [-0.25, -0.2) is 0 Å². The fourth-order valence-electron chi connectivity index (χ4n) is 1.38. The molecule has 0 atom stereocenters. The van der Waals surface area contributed by atoms with E-state index in [1.807, 2.05) is 12.1 Å². The van der Waals surface area contributed by atoms with Crippen molar-refractivity contribution in [2.75, 3.05) is 7.11 Å². The zero-order valence-electron chi connectivity index (χ0n) is 8.82. The third-order valence-corrected chi connectivity index (χ3v) is 2.93. The number of carbonyl (C=O) groups is 1. The van der Waals surface area contributed by atoms with E-state index in [-0.39, 0.29) is 28.9 Å². The predicted octanol–water partition coefficient (Wildman–Crippen LogP) is 1.83. The predicted molar refractivity (Wildman–Crippen MR) is 61.5 cm³/mol. The molecule has 0 aliphatic heterocycles. The summed E-state index contributed by atoms with van der Waals surface area (Å²) in [6, 6.07) is 5.18. The van der Waals surface area contributed by atoms with E-state index in [4.69, 9.17) is 20.4 Å². The summed E-state index contributed by atoms with van der Waals surface area (Å²) in [6.07, 6.45) is -0.337. The lowest BCUT2D eigenvalue weighted by Crippen LogP contribution is -2.06. The van der Waals surface area contributed by atoms with Crippen molar-refractivity contribution in [3.05, 3.63) is 27.2 Å². The SMILES string of the molecule is COc1cc(C#N)c(Br)c(C#N)c1CC(=O)O. The number of hydrogen-bond acceptors (Lipinski definition) is 4. The normalized spacial score (nSPS) is 9.18. The molecule has 1 N–H and O–H groups in total. The van der Waals surface area contributed by atoms with Gasteiger partial charge in [-0.05, 0) is 22.0 Å². The van der Waals surface area contributed by atoms with Gasteiger partial charge >= 0.3 is 5.97 Å². The monoisotopic (exact) mass is 294 g/mol. The van der Waals surface area contributed by atoms with Gasteiger partial charge in [-0.1, -0.05) is 0 Å². The summed E-state index contributed by atoms with van der Waals surface area (Å²) >= 11 is 3.11. The number of methoxy groups -OCH3 is 1. The summed E-state index contributed by atoms with van der Waals surface area (Å²) in [5.74, 6) is -0.847. The van der Waals surface area contributed by atoms with Crippen LogP contribution in [-0.4, -0.2) is 18.2 Å². The Morgan fingerprint density at radius 1 is 1.53 bits per heavy atom. The second-order valence-corrected chi connectivity index (χ2v) is 3.88. The fourth-order valence-corrected chi connectivity index (χ4v) is 1.91. The highest BCUT2D eigenvalue weighted by molar-refractivity contribution is 9.10. The minimum atomic E-state index is -1.07. The average molecular weight is 295 g/mol. The Kier molecular flexibility index (Phi) is 4.08. The second kappa shape index (κ2) is 5.33. The molecular weight excluding hydrogens is 288 g/mol. The molecule has 0 bridgehead atoms. The molecule has 0 fully saturated rings. The summed E-state index contributed by atoms with van der Waals surface area (Å²) in [5.41, 5.74) is 0.601. The Balaban J connectivity index is 3.57. The third-order valence-electron chi connectivity index (χ3n) is 2.11. The highest BCUT2D eigenvalue weighted by Gasteiger charge is 2.19. The van der Waals surface area contributed by atoms with Crippen molar-refractivity contribution < 1.29 is 14.6 Å². The summed E-state index contributed by atoms with van der Waals surface area (Å²) in [6.45, 7) is 0. The van der Waals surface area contributed by atoms with E-state index in [1.165, 1.54) is 13.2 Å². The molecule has 0 saturated carbocycles. The van der Waals surface area contributed by atoms with Crippen LogP contribution in [0.5, 0.6) is 5.75 Å². The Hall–Kier alpha value is -2.05. The van der Waals surface area contributed by atoms with E-state index in [1.54, 1.807) is 0 Å². The Morgan fingerprint density at radius 2 is 2.18 bits per heavy atom. The van der Waals surface area contributed by atoms with Gasteiger partial charge in [0, 0.05) is 5.56 Å². The molecule has 0 aromatic heterocycles. The third kappa shape index (κ3) is 2.55. The van der Waals surface area contributed by atoms with Gasteiger partial charge in [0.25, 0.3) is 0 Å². The first-order chi connectivity index (χ1) is 8.04. The van der Waals surface area contributed by atoms with E-state index in [0.717, 1.165) is 0 Å². The molecule has 0 amide bonds. The maximum Gasteiger partial charge on any atom is 0.308 e. The van der Waals surface area contributed by atoms with Crippen molar-refractivity contribution in [2.45, 2.75) is 6.42 Å². The molecule has 0 spiro atoms. The molecule has 0 aliphatic rings. The van der Waals surface area contributed by atoms with Crippen LogP contribution in [0.3, 0.4) is 0 Å². The fraction of sp³-hybridized carbons (Fsp3) is 0.182. The zero-order valence-corrected chi connectivity index (χ0v) is 10.4. The lowest BCUT2D eigenvalue weighted by Gasteiger charge is -2.11. The van der Waals surface area contributed by atoms with Gasteiger partial charge in [0.1, 0.15) is 17.9 Å². The molecule has 1 aromatic carbocycles. The van der Waals surface area contributed by atoms with Gasteiger partial charge in [0.2, 0.25) is 0 Å². The molecule has 86 valence electrons. The zero-order chi connectivity index (χ0) is 13.0. The van der Waals surface area contributed by atoms with E-state index in [9.17, 15) is 4.79 Å². The van der Waals surface area contributed by atoms with Crippen LogP contribution in [0, 0.1) is 22.7 Å². The van der Waals surface area contributed by atoms with Crippen LogP contribution in [-0.2, 0) is 11.2 Å². The topological polar surface area (TPSA) is 94.1 Å². The second-order valence-electron chi connectivity index (χ2n) is 3.09. The highest BCUT2D eigenvalue weighted by Crippen LogP contribution is 2.32. The van der Waals surface area contributed by atoms with Gasteiger partial charge < -0.3 is 9.84 Å². The standard InChI is InChI=1S/C11H7BrN2O3/c1-17-9-2-6(4-13)11(12)8(5-14)7(9)3-10(15)16/h2H,3H2,1H3,(H,15,16). The van der Waals surface area contributed by atoms with Gasteiger partial charge in [-0.15, -0.1) is 0 Å². The van der Waals surface area contributed by atoms with Gasteiger partial charge in [0.15, 0.2) is 0 Å². The van der Waals surface area contributed by atoms with Crippen LogP contribution in [0.4, 0.5) is 0 Å². The summed E-state index contributed by atoms with van der Waals surface area (Å²) < 4.78 is 5.29. The lowest BCUT2D eigenvalue weighted by molar-refractivity contribution is -0.136. The van der Waals surface area contributed by atoms with Crippen LogP contribution in [0.25, 0.3) is 0 Å². The quantitative estimate of drug-likeness (QED) is 0.918. The van der Waals surface area contributed by atoms with E-state index >= 15 is 0 Å². The van der Waals surface area contributed by atoms with Crippen LogP contribution in [0.2, 0.25) is 0 Å². The van der Waals surface area contributed by atoms with Crippen molar-refractivity contribution in [3.8, 4) is 17.9 Å². The maximum absolute atomic E-state index is 10.7. The van der Waals surface area contributed by atoms with Crippen LogP contribution in [0.15, 0.2) is 10.5 Å². The lowest BCUT2D eigenvalue weighted by atomic mass is 10.0. The maximum atomic E-state index is 10.7. The van der Waals surface area contributed by atoms with E-state index in [0.29, 0.717) is 4.47 Å². The van der Waals surface area contributed by atoms with E-state index in [2.05, 4.69) is 15.9 Å². The van der Waals surface area contributed by atoms with Crippen molar-refractivity contribution in [3.63, 3.8) is 0 Å². The largest absolute Gasteiger partial charge is 0.496 e. The number of aliphatic carboxylic acids is 1. The Bertz CT molecular complexity index is 555. The molecule has 0 radical (unpaired) electrons. The first kappa shape index (κ1) is 13.0. The first-order valence-electron chi connectivity index (χ1n) is 4.46. The average Bonchev–Trinajstić information content (AvgIpc) is 2.29. The number of carboxylic acid groups (broad SMARTS) is 1. The van der Waals surface area contributed by atoms with Crippen LogP contribution < -0.4 is 4.74 Å². The van der Waals surface area contributed by atoms with Crippen molar-refractivity contribution >= 4 is 21.9 Å². The van der Waals surface area contributed by atoms with Gasteiger partial charge in [-0.2, -0.15) is 10.5 Å². The molecule has 17 heavy (non-hydrogen) atoms. The van der Waals surface area contributed by atoms with Crippen molar-refractivity contribution in [2.24, 2.45) is 0 Å². The van der Waals surface area contributed by atoms with Crippen LogP contribution in [0.1, 0.15) is 16.7 Å². The van der Waals surface area contributed by atoms with Gasteiger partial charge in [-0.3, -0.25) is 4.79 Å². The number of benzene rings is 1. The van der Waals surface area contributed by atoms with Crippen molar-refractivity contribution in [1.82, 2.24) is 0 Å². The summed E-state index contributed by atoms with van der Waals surface area (Å²) in [7, 11) is 1.36. The summed E-state index contributed by atoms with van der Waals surface area (Å²) in [4.78, 5) is 10.7. The molecule has 6 heteroatoms. The molecule has 0 aliphatic carbocycles. The van der Waals surface area contributed by atoms with Crippen LogP contribution >= 0.6 is 15.9 Å². The summed E-state index contributed by atoms with van der Waals surface area (Å²) in [5, 5.41) is 26.7. The molecule has 1 rings (SSSR count). The molecule has 0 unspecified atom stereocenters. The number of nitrogens with zero attached hydrogens (tertiary/aromatic N) is 2. The smallest absolute Gasteiger partial charge is 0.308 e. The molecular formula is C11H7BrN2O3. The number of halogens is 1. The molecule has 0 heterocycles. The molecule has 1 aromatic rings. The number of ether oxygens (including phenoxy) is 1. The molecule has 5 nitrogen and oxygen atoms in total. The number of carboxylic acids is 1. The minimum absolute atomic E-state index is 0.114. The Morgan fingerprint density at radius 3 is 2.59 bits per heavy atom. The molecule has 0 saturated heterocycles. The van der Waals surface area contributed by atoms with E-state index < -0.39 is 5.97 Å². The Labute approximate surface area is 106 Å². The minimum Gasteiger partial charge on any atom is -0.496 e. The van der Waals surface area contributed by atoms with Crippen molar-refractivity contribution in [1.29, 1.82) is 10.5 Å². The number of hydrogen-bond donors (Lipinski definition) is 1.